The Balaban J connectivity index is 1.99. The van der Waals surface area contributed by atoms with E-state index in [1.807, 2.05) is 6.92 Å². The minimum Gasteiger partial charge on any atom is -0.378 e. The van der Waals surface area contributed by atoms with Gasteiger partial charge in [-0.1, -0.05) is 6.07 Å². The monoisotopic (exact) mass is 291 g/mol. The summed E-state index contributed by atoms with van der Waals surface area (Å²) in [7, 11) is 0. The highest BCUT2D eigenvalue weighted by Crippen LogP contribution is 2.32. The van der Waals surface area contributed by atoms with Crippen molar-refractivity contribution in [2.45, 2.75) is 32.2 Å². The van der Waals surface area contributed by atoms with Gasteiger partial charge in [-0.05, 0) is 37.0 Å². The Morgan fingerprint density at radius 3 is 2.70 bits per heavy atom. The number of hydrogen-bond acceptors (Lipinski definition) is 2. The minimum atomic E-state index is -4.54. The number of ether oxygens (including phenoxy) is 1. The molecule has 20 heavy (non-hydrogen) atoms. The summed E-state index contributed by atoms with van der Waals surface area (Å²) in [5, 5.41) is 3.00. The van der Waals surface area contributed by atoms with E-state index >= 15 is 0 Å². The van der Waals surface area contributed by atoms with E-state index in [1.165, 1.54) is 6.07 Å². The van der Waals surface area contributed by atoms with Crippen molar-refractivity contribution in [1.29, 1.82) is 0 Å². The standard InChI is InChI=1S/C14H17F4NO/c1-9-10(4-5-20-9)7-19-8-11-2-3-12(15)6-13(11)14(16,17)18/h2-3,6,9-10,19H,4-5,7-8H2,1H3. The predicted molar refractivity (Wildman–Crippen MR) is 66.6 cm³/mol. The Bertz CT molecular complexity index is 461. The van der Waals surface area contributed by atoms with Crippen LogP contribution in [0.5, 0.6) is 0 Å². The van der Waals surface area contributed by atoms with Gasteiger partial charge in [-0.25, -0.2) is 4.39 Å². The molecule has 1 aliphatic rings. The van der Waals surface area contributed by atoms with Crippen molar-refractivity contribution in [3.05, 3.63) is 35.1 Å². The number of nitrogens with one attached hydrogen (secondary N) is 1. The molecule has 0 saturated carbocycles. The molecular formula is C14H17F4NO. The van der Waals surface area contributed by atoms with Gasteiger partial charge in [0, 0.05) is 19.7 Å². The average Bonchev–Trinajstić information content (AvgIpc) is 2.76. The van der Waals surface area contributed by atoms with Gasteiger partial charge in [0.1, 0.15) is 5.82 Å². The molecule has 1 heterocycles. The maximum absolute atomic E-state index is 13.0. The Morgan fingerprint density at radius 1 is 1.35 bits per heavy atom. The maximum Gasteiger partial charge on any atom is 0.416 e. The molecule has 1 aromatic carbocycles. The van der Waals surface area contributed by atoms with Crippen molar-refractivity contribution in [3.8, 4) is 0 Å². The summed E-state index contributed by atoms with van der Waals surface area (Å²) in [5.41, 5.74) is -0.855. The fourth-order valence-electron chi connectivity index (χ4n) is 2.40. The van der Waals surface area contributed by atoms with Crippen LogP contribution < -0.4 is 5.32 Å². The highest BCUT2D eigenvalue weighted by atomic mass is 19.4. The van der Waals surface area contributed by atoms with Crippen molar-refractivity contribution in [3.63, 3.8) is 0 Å². The molecule has 0 spiro atoms. The molecule has 2 atom stereocenters. The van der Waals surface area contributed by atoms with Crippen LogP contribution in [0.25, 0.3) is 0 Å². The molecule has 112 valence electrons. The number of halogens is 4. The second-order valence-electron chi connectivity index (χ2n) is 5.05. The third-order valence-corrected chi connectivity index (χ3v) is 3.63. The molecule has 6 heteroatoms. The second kappa shape index (κ2) is 6.10. The van der Waals surface area contributed by atoms with Crippen LogP contribution in [-0.4, -0.2) is 19.3 Å². The summed E-state index contributed by atoms with van der Waals surface area (Å²) in [4.78, 5) is 0. The van der Waals surface area contributed by atoms with E-state index in [2.05, 4.69) is 5.32 Å². The van der Waals surface area contributed by atoms with Crippen LogP contribution in [0.15, 0.2) is 18.2 Å². The zero-order valence-corrected chi connectivity index (χ0v) is 11.1. The lowest BCUT2D eigenvalue weighted by Gasteiger charge is -2.17. The Hall–Kier alpha value is -1.14. The Kier molecular flexibility index (Phi) is 4.65. The summed E-state index contributed by atoms with van der Waals surface area (Å²) in [6.45, 7) is 3.31. The molecule has 2 nitrogen and oxygen atoms in total. The second-order valence-corrected chi connectivity index (χ2v) is 5.05. The molecular weight excluding hydrogens is 274 g/mol. The molecule has 1 saturated heterocycles. The third-order valence-electron chi connectivity index (χ3n) is 3.63. The predicted octanol–water partition coefficient (Wildman–Crippen LogP) is 3.36. The van der Waals surface area contributed by atoms with E-state index in [0.29, 0.717) is 25.1 Å². The first kappa shape index (κ1) is 15.3. The van der Waals surface area contributed by atoms with E-state index in [4.69, 9.17) is 4.74 Å². The van der Waals surface area contributed by atoms with Gasteiger partial charge in [-0.3, -0.25) is 0 Å². The van der Waals surface area contributed by atoms with Crippen molar-refractivity contribution in [1.82, 2.24) is 5.32 Å². The minimum absolute atomic E-state index is 0.0606. The first-order chi connectivity index (χ1) is 9.38. The highest BCUT2D eigenvalue weighted by molar-refractivity contribution is 5.30. The quantitative estimate of drug-likeness (QED) is 0.859. The van der Waals surface area contributed by atoms with Gasteiger partial charge < -0.3 is 10.1 Å². The van der Waals surface area contributed by atoms with E-state index in [-0.39, 0.29) is 18.2 Å². The first-order valence-electron chi connectivity index (χ1n) is 6.56. The summed E-state index contributed by atoms with van der Waals surface area (Å²) in [6.07, 6.45) is -3.51. The van der Waals surface area contributed by atoms with Crippen molar-refractivity contribution in [2.75, 3.05) is 13.2 Å². The highest BCUT2D eigenvalue weighted by Gasteiger charge is 2.33. The van der Waals surface area contributed by atoms with Gasteiger partial charge in [0.25, 0.3) is 0 Å². The molecule has 0 amide bonds. The topological polar surface area (TPSA) is 21.3 Å². The largest absolute Gasteiger partial charge is 0.416 e. The van der Waals surface area contributed by atoms with E-state index in [9.17, 15) is 17.6 Å². The number of hydrogen-bond donors (Lipinski definition) is 1. The van der Waals surface area contributed by atoms with Crippen LogP contribution in [0, 0.1) is 11.7 Å². The van der Waals surface area contributed by atoms with Gasteiger partial charge in [-0.15, -0.1) is 0 Å². The van der Waals surface area contributed by atoms with Gasteiger partial charge in [-0.2, -0.15) is 13.2 Å². The van der Waals surface area contributed by atoms with Crippen LogP contribution in [0.3, 0.4) is 0 Å². The zero-order chi connectivity index (χ0) is 14.8. The zero-order valence-electron chi connectivity index (χ0n) is 11.1. The molecule has 0 radical (unpaired) electrons. The van der Waals surface area contributed by atoms with E-state index < -0.39 is 17.6 Å². The van der Waals surface area contributed by atoms with Crippen molar-refractivity contribution >= 4 is 0 Å². The lowest BCUT2D eigenvalue weighted by molar-refractivity contribution is -0.138. The summed E-state index contributed by atoms with van der Waals surface area (Å²) in [6, 6.07) is 2.77. The molecule has 1 aromatic rings. The fraction of sp³-hybridized carbons (Fsp3) is 0.571. The Labute approximate surface area is 115 Å². The molecule has 1 aliphatic heterocycles. The van der Waals surface area contributed by atoms with E-state index in [1.54, 1.807) is 0 Å². The number of benzene rings is 1. The molecule has 2 rings (SSSR count). The molecule has 0 bridgehead atoms. The van der Waals surface area contributed by atoms with Crippen LogP contribution in [0.2, 0.25) is 0 Å². The van der Waals surface area contributed by atoms with Gasteiger partial charge in [0.2, 0.25) is 0 Å². The number of rotatable bonds is 4. The molecule has 1 N–H and O–H groups in total. The molecule has 0 aliphatic carbocycles. The van der Waals surface area contributed by atoms with Crippen LogP contribution in [0.4, 0.5) is 17.6 Å². The molecule has 2 unspecified atom stereocenters. The summed E-state index contributed by atoms with van der Waals surface area (Å²) < 4.78 is 56.8. The van der Waals surface area contributed by atoms with Crippen LogP contribution in [-0.2, 0) is 17.5 Å². The van der Waals surface area contributed by atoms with Gasteiger partial charge in [0.15, 0.2) is 0 Å². The SMILES string of the molecule is CC1OCCC1CNCc1ccc(F)cc1C(F)(F)F. The summed E-state index contributed by atoms with van der Waals surface area (Å²) >= 11 is 0. The number of alkyl halides is 3. The maximum atomic E-state index is 13.0. The van der Waals surface area contributed by atoms with Gasteiger partial charge in [0.05, 0.1) is 11.7 Å². The lowest BCUT2D eigenvalue weighted by Crippen LogP contribution is -2.27. The van der Waals surface area contributed by atoms with Gasteiger partial charge >= 0.3 is 6.18 Å². The lowest BCUT2D eigenvalue weighted by atomic mass is 10.0. The third kappa shape index (κ3) is 3.70. The average molecular weight is 291 g/mol. The van der Waals surface area contributed by atoms with Crippen molar-refractivity contribution < 1.29 is 22.3 Å². The Morgan fingerprint density at radius 2 is 2.10 bits per heavy atom. The van der Waals surface area contributed by atoms with Crippen LogP contribution in [0.1, 0.15) is 24.5 Å². The summed E-state index contributed by atoms with van der Waals surface area (Å²) in [5.74, 6) is -0.566. The van der Waals surface area contributed by atoms with Crippen LogP contribution >= 0.6 is 0 Å². The fourth-order valence-corrected chi connectivity index (χ4v) is 2.40. The first-order valence-corrected chi connectivity index (χ1v) is 6.56. The smallest absolute Gasteiger partial charge is 0.378 e. The molecule has 1 fully saturated rings. The molecule has 0 aromatic heterocycles. The normalized spacial score (nSPS) is 23.2. The van der Waals surface area contributed by atoms with Crippen molar-refractivity contribution in [2.24, 2.45) is 5.92 Å². The van der Waals surface area contributed by atoms with E-state index in [0.717, 1.165) is 12.5 Å².